The first-order valence-corrected chi connectivity index (χ1v) is 8.10. The second-order valence-electron chi connectivity index (χ2n) is 6.02. The van der Waals surface area contributed by atoms with Crippen LogP contribution >= 0.6 is 0 Å². The summed E-state index contributed by atoms with van der Waals surface area (Å²) >= 11 is 0. The number of hydrogen-bond donors (Lipinski definition) is 1. The molecule has 1 aromatic carbocycles. The first-order chi connectivity index (χ1) is 11.2. The van der Waals surface area contributed by atoms with Gasteiger partial charge in [-0.15, -0.1) is 0 Å². The summed E-state index contributed by atoms with van der Waals surface area (Å²) in [6.07, 6.45) is 6.10. The fourth-order valence-electron chi connectivity index (χ4n) is 3.22. The van der Waals surface area contributed by atoms with Crippen molar-refractivity contribution >= 4 is 5.91 Å². The van der Waals surface area contributed by atoms with E-state index in [0.29, 0.717) is 12.8 Å². The molecule has 0 bridgehead atoms. The number of rotatable bonds is 5. The van der Waals surface area contributed by atoms with E-state index >= 15 is 0 Å². The third kappa shape index (κ3) is 3.55. The number of nitrogens with one attached hydrogen (secondary N) is 1. The summed E-state index contributed by atoms with van der Waals surface area (Å²) in [6.45, 7) is 0. The number of benzene rings is 1. The Morgan fingerprint density at radius 1 is 1.43 bits per heavy atom. The van der Waals surface area contributed by atoms with Crippen LogP contribution in [0, 0.1) is 0 Å². The highest BCUT2D eigenvalue weighted by Crippen LogP contribution is 2.32. The van der Waals surface area contributed by atoms with Gasteiger partial charge in [0.05, 0.1) is 13.2 Å². The third-order valence-electron chi connectivity index (χ3n) is 4.53. The van der Waals surface area contributed by atoms with Crippen molar-refractivity contribution in [2.75, 3.05) is 7.11 Å². The van der Waals surface area contributed by atoms with Gasteiger partial charge in [-0.3, -0.25) is 9.48 Å². The first-order valence-electron chi connectivity index (χ1n) is 8.10. The molecule has 0 saturated carbocycles. The standard InChI is InChI=1S/C18H23N3O2/c1-21-14(10-11-19-21)6-9-18(22)20-17-5-3-4-13-12-15(23-2)7-8-16(13)17/h7-8,10-12,17H,3-6,9H2,1-2H3,(H,20,22)/t17-/m1/s1. The van der Waals surface area contributed by atoms with Crippen molar-refractivity contribution < 1.29 is 9.53 Å². The summed E-state index contributed by atoms with van der Waals surface area (Å²) in [6, 6.07) is 8.21. The van der Waals surface area contributed by atoms with Gasteiger partial charge >= 0.3 is 0 Å². The van der Waals surface area contributed by atoms with Crippen molar-refractivity contribution in [2.24, 2.45) is 7.05 Å². The van der Waals surface area contributed by atoms with Gasteiger partial charge in [0.25, 0.3) is 0 Å². The topological polar surface area (TPSA) is 56.1 Å². The van der Waals surface area contributed by atoms with E-state index in [0.717, 1.165) is 30.7 Å². The average Bonchev–Trinajstić information content (AvgIpc) is 2.98. The van der Waals surface area contributed by atoms with Crippen LogP contribution in [0.1, 0.15) is 42.1 Å². The van der Waals surface area contributed by atoms with E-state index in [4.69, 9.17) is 4.74 Å². The summed E-state index contributed by atoms with van der Waals surface area (Å²) in [7, 11) is 3.58. The molecule has 1 heterocycles. The summed E-state index contributed by atoms with van der Waals surface area (Å²) in [5, 5.41) is 7.31. The van der Waals surface area contributed by atoms with Crippen LogP contribution in [0.25, 0.3) is 0 Å². The number of nitrogens with zero attached hydrogens (tertiary/aromatic N) is 2. The molecule has 2 aromatic rings. The average molecular weight is 313 g/mol. The van der Waals surface area contributed by atoms with E-state index in [1.54, 1.807) is 13.3 Å². The molecular weight excluding hydrogens is 290 g/mol. The Labute approximate surface area is 136 Å². The molecule has 1 aromatic heterocycles. The predicted octanol–water partition coefficient (Wildman–Crippen LogP) is 2.56. The van der Waals surface area contributed by atoms with Crippen LogP contribution < -0.4 is 10.1 Å². The number of aromatic nitrogens is 2. The molecule has 1 N–H and O–H groups in total. The molecule has 1 aliphatic carbocycles. The van der Waals surface area contributed by atoms with Crippen molar-refractivity contribution in [1.82, 2.24) is 15.1 Å². The summed E-state index contributed by atoms with van der Waals surface area (Å²) in [5.41, 5.74) is 3.59. The quantitative estimate of drug-likeness (QED) is 0.923. The van der Waals surface area contributed by atoms with Crippen LogP contribution in [-0.4, -0.2) is 22.8 Å². The Hall–Kier alpha value is -2.30. The Balaban J connectivity index is 1.62. The highest BCUT2D eigenvalue weighted by atomic mass is 16.5. The molecule has 1 aliphatic rings. The van der Waals surface area contributed by atoms with Crippen LogP contribution in [0.4, 0.5) is 0 Å². The second-order valence-corrected chi connectivity index (χ2v) is 6.02. The zero-order valence-electron chi connectivity index (χ0n) is 13.7. The molecule has 0 aliphatic heterocycles. The number of ether oxygens (including phenoxy) is 1. The van der Waals surface area contributed by atoms with Crippen LogP contribution in [0.5, 0.6) is 5.75 Å². The Bertz CT molecular complexity index is 693. The van der Waals surface area contributed by atoms with Crippen LogP contribution in [0.3, 0.4) is 0 Å². The van der Waals surface area contributed by atoms with E-state index in [9.17, 15) is 4.79 Å². The van der Waals surface area contributed by atoms with Gasteiger partial charge in [0.15, 0.2) is 0 Å². The van der Waals surface area contributed by atoms with Gasteiger partial charge in [-0.2, -0.15) is 5.10 Å². The molecule has 0 spiro atoms. The van der Waals surface area contributed by atoms with Crippen LogP contribution in [-0.2, 0) is 24.7 Å². The largest absolute Gasteiger partial charge is 0.497 e. The minimum atomic E-state index is 0.0971. The number of carbonyl (C=O) groups is 1. The summed E-state index contributed by atoms with van der Waals surface area (Å²) in [5.74, 6) is 0.979. The predicted molar refractivity (Wildman–Crippen MR) is 88.3 cm³/mol. The van der Waals surface area contributed by atoms with Crippen molar-refractivity contribution in [1.29, 1.82) is 0 Å². The molecule has 0 saturated heterocycles. The van der Waals surface area contributed by atoms with E-state index in [1.165, 1.54) is 11.1 Å². The van der Waals surface area contributed by atoms with Gasteiger partial charge in [0.2, 0.25) is 5.91 Å². The molecule has 1 atom stereocenters. The number of amides is 1. The fourth-order valence-corrected chi connectivity index (χ4v) is 3.22. The van der Waals surface area contributed by atoms with E-state index < -0.39 is 0 Å². The van der Waals surface area contributed by atoms with Crippen LogP contribution in [0.15, 0.2) is 30.5 Å². The number of hydrogen-bond acceptors (Lipinski definition) is 3. The second kappa shape index (κ2) is 6.86. The fraction of sp³-hybridized carbons (Fsp3) is 0.444. The van der Waals surface area contributed by atoms with Gasteiger partial charge in [0, 0.05) is 25.4 Å². The van der Waals surface area contributed by atoms with Gasteiger partial charge in [-0.05, 0) is 55.0 Å². The number of methoxy groups -OCH3 is 1. The Morgan fingerprint density at radius 2 is 2.30 bits per heavy atom. The monoisotopic (exact) mass is 313 g/mol. The van der Waals surface area contributed by atoms with Gasteiger partial charge in [0.1, 0.15) is 5.75 Å². The smallest absolute Gasteiger partial charge is 0.220 e. The van der Waals surface area contributed by atoms with E-state index in [1.807, 2.05) is 23.9 Å². The van der Waals surface area contributed by atoms with Crippen LogP contribution in [0.2, 0.25) is 0 Å². The van der Waals surface area contributed by atoms with Crippen molar-refractivity contribution in [3.05, 3.63) is 47.3 Å². The molecule has 1 amide bonds. The number of aryl methyl sites for hydroxylation is 3. The maximum Gasteiger partial charge on any atom is 0.220 e. The lowest BCUT2D eigenvalue weighted by atomic mass is 9.87. The van der Waals surface area contributed by atoms with Crippen molar-refractivity contribution in [3.8, 4) is 5.75 Å². The van der Waals surface area contributed by atoms with Gasteiger partial charge in [-0.1, -0.05) is 6.07 Å². The maximum absolute atomic E-state index is 12.3. The molecule has 0 fully saturated rings. The minimum Gasteiger partial charge on any atom is -0.497 e. The lowest BCUT2D eigenvalue weighted by Gasteiger charge is -2.26. The van der Waals surface area contributed by atoms with Crippen molar-refractivity contribution in [3.63, 3.8) is 0 Å². The van der Waals surface area contributed by atoms with Crippen molar-refractivity contribution in [2.45, 2.75) is 38.1 Å². The highest BCUT2D eigenvalue weighted by molar-refractivity contribution is 5.76. The zero-order chi connectivity index (χ0) is 16.2. The molecule has 3 rings (SSSR count). The minimum absolute atomic E-state index is 0.0971. The number of fused-ring (bicyclic) bond motifs is 1. The first kappa shape index (κ1) is 15.6. The normalized spacial score (nSPS) is 16.7. The summed E-state index contributed by atoms with van der Waals surface area (Å²) < 4.78 is 7.11. The molecule has 5 nitrogen and oxygen atoms in total. The molecule has 23 heavy (non-hydrogen) atoms. The molecule has 5 heteroatoms. The van der Waals surface area contributed by atoms with E-state index in [2.05, 4.69) is 22.5 Å². The Kier molecular flexibility index (Phi) is 4.65. The molecular formula is C18H23N3O2. The Morgan fingerprint density at radius 3 is 3.04 bits per heavy atom. The SMILES string of the molecule is COc1ccc2c(c1)CCC[C@H]2NC(=O)CCc1ccnn1C. The number of carbonyl (C=O) groups excluding carboxylic acids is 1. The van der Waals surface area contributed by atoms with Gasteiger partial charge < -0.3 is 10.1 Å². The molecule has 0 radical (unpaired) electrons. The lowest BCUT2D eigenvalue weighted by molar-refractivity contribution is -0.121. The lowest BCUT2D eigenvalue weighted by Crippen LogP contribution is -2.31. The third-order valence-corrected chi connectivity index (χ3v) is 4.53. The van der Waals surface area contributed by atoms with E-state index in [-0.39, 0.29) is 11.9 Å². The maximum atomic E-state index is 12.3. The summed E-state index contributed by atoms with van der Waals surface area (Å²) in [4.78, 5) is 12.3. The zero-order valence-corrected chi connectivity index (χ0v) is 13.7. The highest BCUT2D eigenvalue weighted by Gasteiger charge is 2.22. The molecule has 0 unspecified atom stereocenters. The van der Waals surface area contributed by atoms with Gasteiger partial charge in [-0.25, -0.2) is 0 Å². The molecule has 122 valence electrons.